The zero-order valence-electron chi connectivity index (χ0n) is 17.0. The van der Waals surface area contributed by atoms with Crippen LogP contribution in [0.5, 0.6) is 17.2 Å². The van der Waals surface area contributed by atoms with Crippen LogP contribution in [0.3, 0.4) is 0 Å². The minimum absolute atomic E-state index is 0.00318. The molecule has 0 atom stereocenters. The summed E-state index contributed by atoms with van der Waals surface area (Å²) in [5.41, 5.74) is 1.17. The van der Waals surface area contributed by atoms with Gasteiger partial charge in [-0.2, -0.15) is 5.10 Å². The summed E-state index contributed by atoms with van der Waals surface area (Å²) >= 11 is 0. The third-order valence-corrected chi connectivity index (χ3v) is 5.90. The van der Waals surface area contributed by atoms with Crippen molar-refractivity contribution in [1.82, 2.24) is 14.9 Å². The highest BCUT2D eigenvalue weighted by atomic mass is 32.2. The maximum Gasteiger partial charge on any atom is 0.270 e. The predicted molar refractivity (Wildman–Crippen MR) is 112 cm³/mol. The summed E-state index contributed by atoms with van der Waals surface area (Å²) in [6.07, 6.45) is 3.42. The smallest absolute Gasteiger partial charge is 0.270 e. The van der Waals surface area contributed by atoms with E-state index in [2.05, 4.69) is 15.0 Å². The molecule has 0 aliphatic heterocycles. The SMILES string of the molecule is COc1cccc(OCc2cnn(C)c2)c1S(=O)(=O)Nc1noc2cccc(OC)c12. The fourth-order valence-electron chi connectivity index (χ4n) is 3.12. The molecule has 4 rings (SSSR count). The first kappa shape index (κ1) is 20.5. The van der Waals surface area contributed by atoms with Crippen LogP contribution in [0.1, 0.15) is 5.56 Å². The van der Waals surface area contributed by atoms with E-state index in [1.54, 1.807) is 54.5 Å². The van der Waals surface area contributed by atoms with Crippen LogP contribution in [0.4, 0.5) is 5.82 Å². The summed E-state index contributed by atoms with van der Waals surface area (Å²) in [7, 11) is 0.472. The van der Waals surface area contributed by atoms with E-state index in [0.29, 0.717) is 16.7 Å². The largest absolute Gasteiger partial charge is 0.496 e. The second-order valence-corrected chi connectivity index (χ2v) is 8.19. The van der Waals surface area contributed by atoms with Crippen molar-refractivity contribution in [3.63, 3.8) is 0 Å². The van der Waals surface area contributed by atoms with Gasteiger partial charge >= 0.3 is 0 Å². The van der Waals surface area contributed by atoms with Crippen LogP contribution >= 0.6 is 0 Å². The first-order chi connectivity index (χ1) is 14.9. The number of anilines is 1. The summed E-state index contributed by atoms with van der Waals surface area (Å²) in [6.45, 7) is 0.129. The van der Waals surface area contributed by atoms with E-state index in [4.69, 9.17) is 18.7 Å². The average Bonchev–Trinajstić information content (AvgIpc) is 3.37. The number of benzene rings is 2. The Hall–Kier alpha value is -3.73. The number of rotatable bonds is 8. The van der Waals surface area contributed by atoms with Gasteiger partial charge in [-0.25, -0.2) is 8.42 Å². The molecule has 0 saturated heterocycles. The molecule has 1 N–H and O–H groups in total. The summed E-state index contributed by atoms with van der Waals surface area (Å²) < 4.78 is 52.4. The molecule has 2 aromatic heterocycles. The van der Waals surface area contributed by atoms with E-state index in [0.717, 1.165) is 5.56 Å². The number of hydrogen-bond donors (Lipinski definition) is 1. The molecule has 0 saturated carbocycles. The number of aromatic nitrogens is 3. The highest BCUT2D eigenvalue weighted by molar-refractivity contribution is 7.93. The Bertz CT molecular complexity index is 1330. The number of methoxy groups -OCH3 is 2. The number of nitrogens with one attached hydrogen (secondary N) is 1. The minimum Gasteiger partial charge on any atom is -0.496 e. The van der Waals surface area contributed by atoms with E-state index in [1.807, 2.05) is 0 Å². The second kappa shape index (κ2) is 8.19. The van der Waals surface area contributed by atoms with Gasteiger partial charge in [0.25, 0.3) is 10.0 Å². The number of ether oxygens (including phenoxy) is 3. The number of hydrogen-bond acceptors (Lipinski definition) is 8. The van der Waals surface area contributed by atoms with Crippen molar-refractivity contribution in [1.29, 1.82) is 0 Å². The number of fused-ring (bicyclic) bond motifs is 1. The maximum atomic E-state index is 13.3. The molecule has 31 heavy (non-hydrogen) atoms. The van der Waals surface area contributed by atoms with E-state index < -0.39 is 10.0 Å². The van der Waals surface area contributed by atoms with Crippen molar-refractivity contribution in [3.8, 4) is 17.2 Å². The minimum atomic E-state index is -4.17. The fourth-order valence-corrected chi connectivity index (χ4v) is 4.43. The van der Waals surface area contributed by atoms with Gasteiger partial charge < -0.3 is 18.7 Å². The van der Waals surface area contributed by atoms with Gasteiger partial charge in [0, 0.05) is 18.8 Å². The topological polar surface area (TPSA) is 118 Å². The number of aryl methyl sites for hydroxylation is 1. The Labute approximate surface area is 178 Å². The molecule has 4 aromatic rings. The number of sulfonamides is 1. The molecular weight excluding hydrogens is 424 g/mol. The van der Waals surface area contributed by atoms with Gasteiger partial charge in [-0.1, -0.05) is 17.3 Å². The lowest BCUT2D eigenvalue weighted by molar-refractivity contribution is 0.292. The third kappa shape index (κ3) is 3.99. The Morgan fingerprint density at radius 2 is 1.77 bits per heavy atom. The molecule has 11 heteroatoms. The molecule has 0 radical (unpaired) electrons. The van der Waals surface area contributed by atoms with Crippen LogP contribution in [0.2, 0.25) is 0 Å². The first-order valence-corrected chi connectivity index (χ1v) is 10.6. The lowest BCUT2D eigenvalue weighted by Crippen LogP contribution is -2.16. The second-order valence-electron chi connectivity index (χ2n) is 6.57. The summed E-state index contributed by atoms with van der Waals surface area (Å²) in [5, 5.41) is 8.34. The van der Waals surface area contributed by atoms with Gasteiger partial charge in [0.15, 0.2) is 16.3 Å². The quantitative estimate of drug-likeness (QED) is 0.441. The highest BCUT2D eigenvalue weighted by Gasteiger charge is 2.28. The Kier molecular flexibility index (Phi) is 5.42. The average molecular weight is 444 g/mol. The van der Waals surface area contributed by atoms with Gasteiger partial charge in [0.05, 0.1) is 20.4 Å². The Morgan fingerprint density at radius 1 is 1.06 bits per heavy atom. The lowest BCUT2D eigenvalue weighted by Gasteiger charge is -2.15. The number of nitrogens with zero attached hydrogens (tertiary/aromatic N) is 3. The van der Waals surface area contributed by atoms with Crippen molar-refractivity contribution in [2.75, 3.05) is 18.9 Å². The van der Waals surface area contributed by atoms with Crippen molar-refractivity contribution >= 4 is 26.8 Å². The van der Waals surface area contributed by atoms with Crippen LogP contribution in [0, 0.1) is 0 Å². The van der Waals surface area contributed by atoms with Crippen molar-refractivity contribution in [2.45, 2.75) is 11.5 Å². The normalized spacial score (nSPS) is 11.5. The monoisotopic (exact) mass is 444 g/mol. The maximum absolute atomic E-state index is 13.3. The fraction of sp³-hybridized carbons (Fsp3) is 0.200. The Balaban J connectivity index is 1.72. The molecule has 162 valence electrons. The molecule has 0 unspecified atom stereocenters. The highest BCUT2D eigenvalue weighted by Crippen LogP contribution is 2.37. The first-order valence-electron chi connectivity index (χ1n) is 9.15. The summed E-state index contributed by atoms with van der Waals surface area (Å²) in [4.78, 5) is -0.160. The Morgan fingerprint density at radius 3 is 2.48 bits per heavy atom. The summed E-state index contributed by atoms with van der Waals surface area (Å²) in [5.74, 6) is 0.660. The van der Waals surface area contributed by atoms with Crippen LogP contribution in [0.15, 0.2) is 58.2 Å². The van der Waals surface area contributed by atoms with Gasteiger partial charge in [-0.05, 0) is 24.3 Å². The van der Waals surface area contributed by atoms with Crippen LogP contribution in [-0.4, -0.2) is 37.6 Å². The molecule has 0 bridgehead atoms. The lowest BCUT2D eigenvalue weighted by atomic mass is 10.2. The van der Waals surface area contributed by atoms with Crippen LogP contribution < -0.4 is 18.9 Å². The van der Waals surface area contributed by atoms with Crippen molar-refractivity contribution < 1.29 is 27.2 Å². The molecule has 10 nitrogen and oxygen atoms in total. The molecule has 0 aliphatic carbocycles. The molecule has 0 amide bonds. The molecule has 0 fully saturated rings. The molecular formula is C20H20N4O6S. The zero-order chi connectivity index (χ0) is 22.0. The van der Waals surface area contributed by atoms with Crippen LogP contribution in [0.25, 0.3) is 11.0 Å². The summed E-state index contributed by atoms with van der Waals surface area (Å²) in [6, 6.07) is 9.79. The van der Waals surface area contributed by atoms with E-state index in [-0.39, 0.29) is 28.8 Å². The van der Waals surface area contributed by atoms with Crippen molar-refractivity contribution in [2.24, 2.45) is 7.05 Å². The standard InChI is InChI=1S/C20H20N4O6S/c1-24-11-13(10-21-24)12-29-17-9-5-8-16(28-3)19(17)31(25,26)23-20-18-14(27-2)6-4-7-15(18)30-22-20/h4-11H,12H2,1-3H3,(H,22,23). The third-order valence-electron chi connectivity index (χ3n) is 4.50. The van der Waals surface area contributed by atoms with Gasteiger partial charge in [0.1, 0.15) is 29.2 Å². The molecule has 0 aliphatic rings. The van der Waals surface area contributed by atoms with E-state index in [9.17, 15) is 8.42 Å². The molecule has 2 aromatic carbocycles. The van der Waals surface area contributed by atoms with E-state index >= 15 is 0 Å². The molecule has 0 spiro atoms. The predicted octanol–water partition coefficient (Wildman–Crippen LogP) is 2.96. The zero-order valence-corrected chi connectivity index (χ0v) is 17.8. The van der Waals surface area contributed by atoms with Crippen LogP contribution in [-0.2, 0) is 23.7 Å². The van der Waals surface area contributed by atoms with Gasteiger partial charge in [0.2, 0.25) is 0 Å². The molecule has 2 heterocycles. The van der Waals surface area contributed by atoms with Gasteiger partial charge in [-0.3, -0.25) is 9.40 Å². The van der Waals surface area contributed by atoms with E-state index in [1.165, 1.54) is 20.3 Å². The van der Waals surface area contributed by atoms with Gasteiger partial charge in [-0.15, -0.1) is 0 Å². The van der Waals surface area contributed by atoms with Crippen molar-refractivity contribution in [3.05, 3.63) is 54.4 Å².